The highest BCUT2D eigenvalue weighted by atomic mass is 16.5. The van der Waals surface area contributed by atoms with Gasteiger partial charge < -0.3 is 29.0 Å². The first-order valence-corrected chi connectivity index (χ1v) is 12.6. The van der Waals surface area contributed by atoms with Crippen LogP contribution in [0.1, 0.15) is 28.4 Å². The molecule has 194 valence electrons. The first-order valence-electron chi connectivity index (χ1n) is 12.6. The van der Waals surface area contributed by atoms with Crippen molar-refractivity contribution in [2.45, 2.75) is 25.0 Å². The number of H-pyrrole nitrogens is 1. The number of carbonyl (C=O) groups is 2. The van der Waals surface area contributed by atoms with E-state index >= 15 is 0 Å². The van der Waals surface area contributed by atoms with Gasteiger partial charge in [-0.05, 0) is 47.0 Å². The van der Waals surface area contributed by atoms with Gasteiger partial charge in [-0.25, -0.2) is 0 Å². The van der Waals surface area contributed by atoms with E-state index in [0.29, 0.717) is 24.5 Å². The molecule has 2 aliphatic heterocycles. The molecule has 1 saturated heterocycles. The molecule has 1 aromatic heterocycles. The molecule has 0 spiro atoms. The molecule has 2 aliphatic rings. The van der Waals surface area contributed by atoms with Crippen LogP contribution in [0.4, 0.5) is 0 Å². The van der Waals surface area contributed by atoms with Crippen molar-refractivity contribution in [1.82, 2.24) is 14.8 Å². The molecule has 2 atom stereocenters. The Morgan fingerprint density at radius 1 is 0.895 bits per heavy atom. The number of aromatic nitrogens is 1. The summed E-state index contributed by atoms with van der Waals surface area (Å²) in [6, 6.07) is 20.2. The average Bonchev–Trinajstić information content (AvgIpc) is 3.32. The van der Waals surface area contributed by atoms with Gasteiger partial charge in [0.15, 0.2) is 11.5 Å². The lowest BCUT2D eigenvalue weighted by atomic mass is 9.86. The van der Waals surface area contributed by atoms with E-state index in [4.69, 9.17) is 14.2 Å². The summed E-state index contributed by atoms with van der Waals surface area (Å²) in [6.07, 6.45) is 0.447. The molecule has 0 bridgehead atoms. The average molecular weight is 512 g/mol. The van der Waals surface area contributed by atoms with Crippen LogP contribution in [-0.2, 0) is 22.6 Å². The van der Waals surface area contributed by atoms with Crippen LogP contribution in [-0.4, -0.2) is 60.5 Å². The summed E-state index contributed by atoms with van der Waals surface area (Å²) in [7, 11) is 4.79. The molecule has 1 N–H and O–H groups in total. The van der Waals surface area contributed by atoms with E-state index in [2.05, 4.69) is 11.1 Å². The maximum absolute atomic E-state index is 14.0. The van der Waals surface area contributed by atoms with Crippen molar-refractivity contribution in [2.24, 2.45) is 0 Å². The summed E-state index contributed by atoms with van der Waals surface area (Å²) in [5.41, 5.74) is 4.74. The first kappa shape index (κ1) is 23.9. The highest BCUT2D eigenvalue weighted by Crippen LogP contribution is 2.44. The first-order chi connectivity index (χ1) is 18.5. The molecule has 1 fully saturated rings. The third-order valence-corrected chi connectivity index (χ3v) is 7.57. The number of hydrogen-bond donors (Lipinski definition) is 1. The number of aromatic amines is 1. The van der Waals surface area contributed by atoms with Crippen LogP contribution in [0.2, 0.25) is 0 Å². The highest BCUT2D eigenvalue weighted by Gasteiger charge is 2.48. The fourth-order valence-corrected chi connectivity index (χ4v) is 5.82. The zero-order valence-corrected chi connectivity index (χ0v) is 21.6. The molecular weight excluding hydrogens is 482 g/mol. The molecule has 0 saturated carbocycles. The molecular formula is C30H29N3O5. The highest BCUT2D eigenvalue weighted by molar-refractivity contribution is 5.97. The van der Waals surface area contributed by atoms with E-state index < -0.39 is 12.1 Å². The molecule has 2 amide bonds. The Bertz CT molecular complexity index is 1540. The van der Waals surface area contributed by atoms with Gasteiger partial charge in [-0.1, -0.05) is 36.4 Å². The van der Waals surface area contributed by atoms with Crippen molar-refractivity contribution in [2.75, 3.05) is 27.9 Å². The number of amides is 2. The van der Waals surface area contributed by atoms with Gasteiger partial charge in [-0.2, -0.15) is 0 Å². The minimum atomic E-state index is -0.619. The van der Waals surface area contributed by atoms with Gasteiger partial charge in [0.2, 0.25) is 11.8 Å². The topological polar surface area (TPSA) is 84.1 Å². The van der Waals surface area contributed by atoms with Crippen LogP contribution in [0.15, 0.2) is 66.7 Å². The van der Waals surface area contributed by atoms with Crippen molar-refractivity contribution < 1.29 is 23.8 Å². The van der Waals surface area contributed by atoms with Gasteiger partial charge in [0.1, 0.15) is 18.3 Å². The Kier molecular flexibility index (Phi) is 5.94. The number of benzene rings is 3. The van der Waals surface area contributed by atoms with Crippen molar-refractivity contribution >= 4 is 22.7 Å². The van der Waals surface area contributed by atoms with Gasteiger partial charge in [0, 0.05) is 29.6 Å². The number of para-hydroxylation sites is 1. The number of carbonyl (C=O) groups excluding carboxylic acids is 2. The summed E-state index contributed by atoms with van der Waals surface area (Å²) in [5.74, 6) is 1.73. The Hall–Kier alpha value is -4.46. The normalized spacial score (nSPS) is 18.8. The van der Waals surface area contributed by atoms with Crippen LogP contribution in [0.3, 0.4) is 0 Å². The summed E-state index contributed by atoms with van der Waals surface area (Å²) in [6.45, 7) is 0.347. The Morgan fingerprint density at radius 3 is 2.50 bits per heavy atom. The summed E-state index contributed by atoms with van der Waals surface area (Å²) in [5, 5.41) is 1.07. The second kappa shape index (κ2) is 9.45. The van der Waals surface area contributed by atoms with Gasteiger partial charge in [0.25, 0.3) is 0 Å². The molecule has 0 radical (unpaired) electrons. The van der Waals surface area contributed by atoms with Gasteiger partial charge in [-0.15, -0.1) is 0 Å². The lowest BCUT2D eigenvalue weighted by molar-refractivity contribution is -0.159. The minimum Gasteiger partial charge on any atom is -0.497 e. The van der Waals surface area contributed by atoms with Crippen molar-refractivity contribution in [3.63, 3.8) is 0 Å². The molecule has 38 heavy (non-hydrogen) atoms. The van der Waals surface area contributed by atoms with Crippen LogP contribution in [0, 0.1) is 0 Å². The molecule has 3 heterocycles. The third-order valence-electron chi connectivity index (χ3n) is 7.57. The zero-order chi connectivity index (χ0) is 26.4. The number of piperazine rings is 1. The number of nitrogens with one attached hydrogen (secondary N) is 1. The van der Waals surface area contributed by atoms with E-state index in [0.717, 1.165) is 39.0 Å². The predicted molar refractivity (Wildman–Crippen MR) is 142 cm³/mol. The fourth-order valence-electron chi connectivity index (χ4n) is 5.82. The summed E-state index contributed by atoms with van der Waals surface area (Å²) < 4.78 is 16.4. The summed E-state index contributed by atoms with van der Waals surface area (Å²) in [4.78, 5) is 34.8. The number of fused-ring (bicyclic) bond motifs is 4. The standard InChI is InChI=1S/C30H29N3O5/c1-36-20-8-6-7-18(13-20)16-32-17-27(34)33-24(30(32)35)15-22-21-9-4-5-10-23(21)31-28(22)29(33)19-11-12-25(37-2)26(14-19)38-3/h4-14,24,29,31H,15-17H2,1-3H3/t24-,29+/m0/s1. The molecule has 3 aromatic carbocycles. The fraction of sp³-hybridized carbons (Fsp3) is 0.267. The lowest BCUT2D eigenvalue weighted by Gasteiger charge is -2.47. The number of rotatable bonds is 6. The SMILES string of the molecule is COc1cccc(CN2CC(=O)N3[C@H](c4ccc(OC)c(OC)c4)c4[nH]c5ccccc5c4C[C@H]3C2=O)c1. The van der Waals surface area contributed by atoms with Crippen molar-refractivity contribution in [3.05, 3.63) is 89.1 Å². The van der Waals surface area contributed by atoms with E-state index in [1.807, 2.05) is 60.7 Å². The van der Waals surface area contributed by atoms with Crippen LogP contribution in [0.25, 0.3) is 10.9 Å². The second-order valence-electron chi connectivity index (χ2n) is 9.65. The maximum Gasteiger partial charge on any atom is 0.246 e. The number of hydrogen-bond acceptors (Lipinski definition) is 5. The largest absolute Gasteiger partial charge is 0.497 e. The maximum atomic E-state index is 14.0. The molecule has 6 rings (SSSR count). The summed E-state index contributed by atoms with van der Waals surface area (Å²) >= 11 is 0. The number of nitrogens with zero attached hydrogens (tertiary/aromatic N) is 2. The quantitative estimate of drug-likeness (QED) is 0.422. The Labute approximate surface area is 220 Å². The van der Waals surface area contributed by atoms with Crippen molar-refractivity contribution in [3.8, 4) is 17.2 Å². The lowest BCUT2D eigenvalue weighted by Crippen LogP contribution is -2.62. The molecule has 0 aliphatic carbocycles. The van der Waals surface area contributed by atoms with E-state index in [9.17, 15) is 9.59 Å². The van der Waals surface area contributed by atoms with E-state index in [1.165, 1.54) is 0 Å². The molecule has 0 unspecified atom stereocenters. The minimum absolute atomic E-state index is 0.00585. The third kappa shape index (κ3) is 3.84. The van der Waals surface area contributed by atoms with E-state index in [-0.39, 0.29) is 18.4 Å². The molecule has 8 heteroatoms. The molecule has 8 nitrogen and oxygen atoms in total. The van der Waals surface area contributed by atoms with E-state index in [1.54, 1.807) is 31.1 Å². The Morgan fingerprint density at radius 2 is 1.71 bits per heavy atom. The van der Waals surface area contributed by atoms with Gasteiger partial charge in [0.05, 0.1) is 27.4 Å². The predicted octanol–water partition coefficient (Wildman–Crippen LogP) is 4.08. The van der Waals surface area contributed by atoms with Crippen LogP contribution in [0.5, 0.6) is 17.2 Å². The van der Waals surface area contributed by atoms with Crippen LogP contribution >= 0.6 is 0 Å². The Balaban J connectivity index is 1.44. The van der Waals surface area contributed by atoms with Gasteiger partial charge in [-0.3, -0.25) is 9.59 Å². The number of methoxy groups -OCH3 is 3. The van der Waals surface area contributed by atoms with Crippen molar-refractivity contribution in [1.29, 1.82) is 0 Å². The van der Waals surface area contributed by atoms with Gasteiger partial charge >= 0.3 is 0 Å². The molecule has 4 aromatic rings. The zero-order valence-electron chi connectivity index (χ0n) is 21.6. The monoisotopic (exact) mass is 511 g/mol. The van der Waals surface area contributed by atoms with Crippen LogP contribution < -0.4 is 14.2 Å². The number of ether oxygens (including phenoxy) is 3. The second-order valence-corrected chi connectivity index (χ2v) is 9.65. The smallest absolute Gasteiger partial charge is 0.246 e.